The molecular formula is C47H37N3. The Morgan fingerprint density at radius 1 is 0.540 bits per heavy atom. The molecule has 1 atom stereocenters. The van der Waals surface area contributed by atoms with Crippen LogP contribution in [0.15, 0.2) is 198 Å². The summed E-state index contributed by atoms with van der Waals surface area (Å²) >= 11 is 0. The molecule has 1 N–H and O–H groups in total. The third-order valence-electron chi connectivity index (χ3n) is 9.81. The molecule has 8 rings (SSSR count). The van der Waals surface area contributed by atoms with E-state index in [1.165, 1.54) is 44.5 Å². The van der Waals surface area contributed by atoms with Crippen LogP contribution in [0.1, 0.15) is 45.1 Å². The molecule has 240 valence electrons. The highest BCUT2D eigenvalue weighted by Gasteiger charge is 2.46. The van der Waals surface area contributed by atoms with Crippen LogP contribution in [0, 0.1) is 0 Å². The molecule has 50 heavy (non-hydrogen) atoms. The summed E-state index contributed by atoms with van der Waals surface area (Å²) in [6.45, 7) is 4.38. The van der Waals surface area contributed by atoms with Gasteiger partial charge in [0.15, 0.2) is 0 Å². The summed E-state index contributed by atoms with van der Waals surface area (Å²) in [5, 5.41) is 3.58. The van der Waals surface area contributed by atoms with Crippen molar-refractivity contribution >= 4 is 12.6 Å². The first-order valence-electron chi connectivity index (χ1n) is 17.1. The van der Waals surface area contributed by atoms with Gasteiger partial charge in [0.25, 0.3) is 0 Å². The molecule has 0 radical (unpaired) electrons. The van der Waals surface area contributed by atoms with Crippen molar-refractivity contribution in [3.05, 3.63) is 227 Å². The van der Waals surface area contributed by atoms with Crippen molar-refractivity contribution in [2.75, 3.05) is 0 Å². The van der Waals surface area contributed by atoms with Gasteiger partial charge in [0.2, 0.25) is 0 Å². The molecule has 7 aromatic rings. The van der Waals surface area contributed by atoms with Crippen molar-refractivity contribution in [2.45, 2.75) is 18.1 Å². The van der Waals surface area contributed by atoms with Gasteiger partial charge in [-0.3, -0.25) is 9.98 Å². The number of amidine groups is 1. The van der Waals surface area contributed by atoms with E-state index >= 15 is 0 Å². The molecule has 0 aliphatic heterocycles. The largest absolute Gasteiger partial charge is 0.345 e. The molecule has 7 aromatic carbocycles. The Balaban J connectivity index is 1.24. The van der Waals surface area contributed by atoms with Gasteiger partial charge in [0.05, 0.1) is 12.0 Å². The zero-order valence-corrected chi connectivity index (χ0v) is 27.8. The van der Waals surface area contributed by atoms with Gasteiger partial charge < -0.3 is 5.32 Å². The lowest BCUT2D eigenvalue weighted by molar-refractivity contribution is 0.687. The SMILES string of the molecule is C=NC(NC(=NCc1ccccc1-c1ccc2c(c1)C(c1ccccc1)(c1ccccc1)c1ccccc1-2)c1ccccc1)c1ccccc1. The van der Waals surface area contributed by atoms with Crippen molar-refractivity contribution in [2.24, 2.45) is 9.98 Å². The molecule has 0 bridgehead atoms. The number of rotatable bonds is 9. The molecule has 1 aliphatic carbocycles. The summed E-state index contributed by atoms with van der Waals surface area (Å²) in [6.07, 6.45) is -0.326. The van der Waals surface area contributed by atoms with Crippen LogP contribution in [0.3, 0.4) is 0 Å². The van der Waals surface area contributed by atoms with E-state index in [0.717, 1.165) is 22.5 Å². The Morgan fingerprint density at radius 3 is 1.74 bits per heavy atom. The number of fused-ring (bicyclic) bond motifs is 3. The molecule has 0 amide bonds. The molecule has 1 unspecified atom stereocenters. The van der Waals surface area contributed by atoms with Crippen LogP contribution in [-0.2, 0) is 12.0 Å². The molecule has 0 heterocycles. The number of hydrogen-bond acceptors (Lipinski definition) is 2. The van der Waals surface area contributed by atoms with E-state index in [1.54, 1.807) is 0 Å². The molecule has 3 nitrogen and oxygen atoms in total. The lowest BCUT2D eigenvalue weighted by Gasteiger charge is -2.34. The quantitative estimate of drug-likeness (QED) is 0.123. The standard InChI is InChI=1S/C47H37N3/c1-48-45(34-18-6-2-7-19-34)50-46(35-20-8-3-9-21-35)49-33-37-22-14-15-27-40(37)36-30-31-42-41-28-16-17-29-43(41)47(44(42)32-36,38-23-10-4-11-24-38)39-25-12-5-13-26-39/h2-32,45H,1,33H2,(H,49,50). The first-order chi connectivity index (χ1) is 24.8. The molecule has 0 fully saturated rings. The highest BCUT2D eigenvalue weighted by Crippen LogP contribution is 2.56. The van der Waals surface area contributed by atoms with Crippen molar-refractivity contribution in [1.82, 2.24) is 5.32 Å². The average molecular weight is 644 g/mol. The summed E-state index contributed by atoms with van der Waals surface area (Å²) in [7, 11) is 0. The van der Waals surface area contributed by atoms with Gasteiger partial charge in [-0.2, -0.15) is 0 Å². The van der Waals surface area contributed by atoms with Gasteiger partial charge in [-0.05, 0) is 68.4 Å². The van der Waals surface area contributed by atoms with Gasteiger partial charge in [-0.25, -0.2) is 0 Å². The Hall–Kier alpha value is -6.32. The van der Waals surface area contributed by atoms with Crippen LogP contribution in [0.4, 0.5) is 0 Å². The van der Waals surface area contributed by atoms with E-state index in [0.29, 0.717) is 6.54 Å². The van der Waals surface area contributed by atoms with Crippen molar-refractivity contribution in [3.8, 4) is 22.3 Å². The Bertz CT molecular complexity index is 2240. The van der Waals surface area contributed by atoms with Crippen LogP contribution < -0.4 is 5.32 Å². The van der Waals surface area contributed by atoms with Gasteiger partial charge in [-0.1, -0.05) is 182 Å². The molecule has 0 spiro atoms. The fourth-order valence-corrected chi connectivity index (χ4v) is 7.53. The van der Waals surface area contributed by atoms with Gasteiger partial charge in [-0.15, -0.1) is 0 Å². The van der Waals surface area contributed by atoms with Crippen molar-refractivity contribution in [3.63, 3.8) is 0 Å². The Kier molecular flexibility index (Phi) is 8.46. The lowest BCUT2D eigenvalue weighted by Crippen LogP contribution is -2.28. The maximum atomic E-state index is 5.21. The third kappa shape index (κ3) is 5.53. The molecule has 0 saturated carbocycles. The number of aliphatic imine (C=N–C) groups is 2. The van der Waals surface area contributed by atoms with Gasteiger partial charge in [0, 0.05) is 5.56 Å². The number of hydrogen-bond donors (Lipinski definition) is 1. The summed E-state index contributed by atoms with van der Waals surface area (Å²) in [4.78, 5) is 9.63. The summed E-state index contributed by atoms with van der Waals surface area (Å²) in [5.74, 6) is 0.776. The van der Waals surface area contributed by atoms with E-state index < -0.39 is 5.41 Å². The normalized spacial score (nSPS) is 13.6. The van der Waals surface area contributed by atoms with Crippen LogP contribution in [-0.4, -0.2) is 12.6 Å². The number of nitrogens with zero attached hydrogens (tertiary/aromatic N) is 2. The maximum absolute atomic E-state index is 5.21. The van der Waals surface area contributed by atoms with Crippen molar-refractivity contribution in [1.29, 1.82) is 0 Å². The summed E-state index contributed by atoms with van der Waals surface area (Å²) in [6, 6.07) is 66.8. The second-order valence-electron chi connectivity index (χ2n) is 12.6. The van der Waals surface area contributed by atoms with E-state index in [-0.39, 0.29) is 6.17 Å². The monoisotopic (exact) mass is 643 g/mol. The lowest BCUT2D eigenvalue weighted by atomic mass is 9.67. The molecule has 1 aliphatic rings. The van der Waals surface area contributed by atoms with Crippen LogP contribution >= 0.6 is 0 Å². The van der Waals surface area contributed by atoms with Crippen LogP contribution in [0.2, 0.25) is 0 Å². The zero-order valence-electron chi connectivity index (χ0n) is 27.8. The summed E-state index contributed by atoms with van der Waals surface area (Å²) in [5.41, 5.74) is 12.7. The first-order valence-corrected chi connectivity index (χ1v) is 17.1. The second kappa shape index (κ2) is 13.7. The second-order valence-corrected chi connectivity index (χ2v) is 12.6. The van der Waals surface area contributed by atoms with E-state index in [9.17, 15) is 0 Å². The smallest absolute Gasteiger partial charge is 0.145 e. The van der Waals surface area contributed by atoms with Crippen LogP contribution in [0.25, 0.3) is 22.3 Å². The zero-order chi connectivity index (χ0) is 33.8. The van der Waals surface area contributed by atoms with Gasteiger partial charge in [0.1, 0.15) is 12.0 Å². The Morgan fingerprint density at radius 2 is 1.08 bits per heavy atom. The minimum atomic E-state index is -0.452. The van der Waals surface area contributed by atoms with E-state index in [4.69, 9.17) is 4.99 Å². The predicted molar refractivity (Wildman–Crippen MR) is 208 cm³/mol. The molecule has 0 saturated heterocycles. The van der Waals surface area contributed by atoms with Gasteiger partial charge >= 0.3 is 0 Å². The molecular weight excluding hydrogens is 607 g/mol. The van der Waals surface area contributed by atoms with Crippen molar-refractivity contribution < 1.29 is 0 Å². The molecule has 0 aromatic heterocycles. The highest BCUT2D eigenvalue weighted by atomic mass is 15.1. The van der Waals surface area contributed by atoms with E-state index in [1.807, 2.05) is 36.4 Å². The number of benzene rings is 7. The minimum Gasteiger partial charge on any atom is -0.345 e. The fraction of sp³-hybridized carbons (Fsp3) is 0.0638. The predicted octanol–water partition coefficient (Wildman–Crippen LogP) is 10.7. The maximum Gasteiger partial charge on any atom is 0.145 e. The summed E-state index contributed by atoms with van der Waals surface area (Å²) < 4.78 is 0. The van der Waals surface area contributed by atoms with Crippen LogP contribution in [0.5, 0.6) is 0 Å². The highest BCUT2D eigenvalue weighted by molar-refractivity contribution is 5.99. The van der Waals surface area contributed by atoms with E-state index in [2.05, 4.69) is 169 Å². The minimum absolute atomic E-state index is 0.326. The molecule has 3 heteroatoms. The first kappa shape index (κ1) is 31.0. The topological polar surface area (TPSA) is 36.8 Å². The average Bonchev–Trinajstić information content (AvgIpc) is 3.50. The Labute approximate surface area is 294 Å². The number of nitrogens with one attached hydrogen (secondary N) is 1. The fourth-order valence-electron chi connectivity index (χ4n) is 7.53. The third-order valence-corrected chi connectivity index (χ3v) is 9.81.